The van der Waals surface area contributed by atoms with Crippen LogP contribution in [0.15, 0.2) is 50.3 Å². The number of carbonyl (C=O) groups excluding carboxylic acids is 1. The van der Waals surface area contributed by atoms with Crippen LogP contribution < -0.4 is 14.9 Å². The van der Waals surface area contributed by atoms with Crippen molar-refractivity contribution in [3.8, 4) is 17.7 Å². The van der Waals surface area contributed by atoms with Crippen LogP contribution in [-0.4, -0.2) is 63.0 Å². The number of furan rings is 1. The van der Waals surface area contributed by atoms with Gasteiger partial charge in [0.2, 0.25) is 27.5 Å². The van der Waals surface area contributed by atoms with Gasteiger partial charge in [-0.25, -0.2) is 13.6 Å². The third-order valence-corrected chi connectivity index (χ3v) is 7.24. The average molecular weight is 497 g/mol. The van der Waals surface area contributed by atoms with Gasteiger partial charge in [-0.3, -0.25) is 9.69 Å². The summed E-state index contributed by atoms with van der Waals surface area (Å²) in [6, 6.07) is 10.1. The molecule has 1 aromatic carbocycles. The molecule has 0 radical (unpaired) electrons. The second-order valence-electron chi connectivity index (χ2n) is 8.68. The molecule has 5 rings (SSSR count). The number of fused-ring (bicyclic) bond motifs is 1. The van der Waals surface area contributed by atoms with Gasteiger partial charge in [0.05, 0.1) is 17.7 Å². The van der Waals surface area contributed by atoms with Crippen LogP contribution in [0.1, 0.15) is 18.2 Å². The lowest BCUT2D eigenvalue weighted by molar-refractivity contribution is -0.120. The molecule has 3 aromatic rings. The third-order valence-electron chi connectivity index (χ3n) is 6.33. The number of nitriles is 1. The summed E-state index contributed by atoms with van der Waals surface area (Å²) in [7, 11) is -3.80. The summed E-state index contributed by atoms with van der Waals surface area (Å²) in [4.78, 5) is 23.2. The Morgan fingerprint density at radius 3 is 2.69 bits per heavy atom. The molecule has 12 heteroatoms. The summed E-state index contributed by atoms with van der Waals surface area (Å²) in [6.45, 7) is 4.51. The number of oxazole rings is 1. The number of benzene rings is 1. The van der Waals surface area contributed by atoms with E-state index in [2.05, 4.69) is 16.0 Å². The minimum Gasteiger partial charge on any atom is -0.459 e. The fourth-order valence-electron chi connectivity index (χ4n) is 4.65. The van der Waals surface area contributed by atoms with Crippen molar-refractivity contribution in [2.45, 2.75) is 24.3 Å². The van der Waals surface area contributed by atoms with Gasteiger partial charge < -0.3 is 18.6 Å². The molecule has 4 heterocycles. The Hall–Kier alpha value is -3.66. The molecule has 1 unspecified atom stereocenters. The van der Waals surface area contributed by atoms with Crippen molar-refractivity contribution in [1.82, 2.24) is 9.88 Å². The van der Waals surface area contributed by atoms with Crippen LogP contribution in [-0.2, 0) is 21.2 Å². The van der Waals surface area contributed by atoms with E-state index < -0.39 is 10.0 Å². The molecule has 0 aliphatic carbocycles. The van der Waals surface area contributed by atoms with E-state index in [4.69, 9.17) is 14.0 Å². The molecular weight excluding hydrogens is 472 g/mol. The highest BCUT2D eigenvalue weighted by Crippen LogP contribution is 2.34. The molecule has 0 bridgehead atoms. The Kier molecular flexibility index (Phi) is 5.84. The summed E-state index contributed by atoms with van der Waals surface area (Å²) in [5.74, 6) is 1.06. The summed E-state index contributed by atoms with van der Waals surface area (Å²) in [6.07, 6.45) is 2.08. The minimum atomic E-state index is -3.80. The second-order valence-corrected chi connectivity index (χ2v) is 10.2. The molecule has 2 aliphatic rings. The van der Waals surface area contributed by atoms with E-state index in [1.54, 1.807) is 29.2 Å². The van der Waals surface area contributed by atoms with Crippen molar-refractivity contribution >= 4 is 27.5 Å². The van der Waals surface area contributed by atoms with Gasteiger partial charge in [-0.15, -0.1) is 0 Å². The zero-order chi connectivity index (χ0) is 24.7. The molecule has 1 fully saturated rings. The van der Waals surface area contributed by atoms with Crippen LogP contribution in [0.3, 0.4) is 0 Å². The van der Waals surface area contributed by atoms with Gasteiger partial charge in [-0.2, -0.15) is 10.2 Å². The normalized spacial score (nSPS) is 18.5. The maximum atomic E-state index is 13.2. The number of rotatable bonds is 5. The van der Waals surface area contributed by atoms with Crippen molar-refractivity contribution < 1.29 is 22.0 Å². The van der Waals surface area contributed by atoms with Crippen molar-refractivity contribution in [2.24, 2.45) is 5.14 Å². The van der Waals surface area contributed by atoms with Gasteiger partial charge in [0.1, 0.15) is 6.07 Å². The van der Waals surface area contributed by atoms with Gasteiger partial charge >= 0.3 is 0 Å². The molecule has 35 heavy (non-hydrogen) atoms. The minimum absolute atomic E-state index is 0.0493. The first-order valence-electron chi connectivity index (χ1n) is 11.1. The molecule has 2 aliphatic heterocycles. The molecule has 0 saturated carbocycles. The van der Waals surface area contributed by atoms with Gasteiger partial charge in [0, 0.05) is 37.9 Å². The van der Waals surface area contributed by atoms with Crippen molar-refractivity contribution in [3.05, 3.63) is 47.9 Å². The number of primary sulfonamides is 1. The number of piperazine rings is 1. The zero-order valence-electron chi connectivity index (χ0n) is 19.0. The van der Waals surface area contributed by atoms with E-state index >= 15 is 0 Å². The maximum Gasteiger partial charge on any atom is 0.266 e. The Labute approximate surface area is 202 Å². The van der Waals surface area contributed by atoms with Crippen molar-refractivity contribution in [3.63, 3.8) is 0 Å². The smallest absolute Gasteiger partial charge is 0.266 e. The Morgan fingerprint density at radius 1 is 1.26 bits per heavy atom. The van der Waals surface area contributed by atoms with E-state index in [1.807, 2.05) is 11.8 Å². The van der Waals surface area contributed by atoms with Crippen LogP contribution in [0.2, 0.25) is 0 Å². The molecule has 2 aromatic heterocycles. The molecule has 1 atom stereocenters. The quantitative estimate of drug-likeness (QED) is 0.555. The van der Waals surface area contributed by atoms with Gasteiger partial charge in [0.15, 0.2) is 5.76 Å². The second kappa shape index (κ2) is 8.84. The van der Waals surface area contributed by atoms with E-state index in [1.165, 1.54) is 12.3 Å². The van der Waals surface area contributed by atoms with Crippen LogP contribution in [0, 0.1) is 11.3 Å². The molecular formula is C23H24N6O5S. The monoisotopic (exact) mass is 496 g/mol. The number of sulfonamides is 1. The highest BCUT2D eigenvalue weighted by atomic mass is 32.2. The first-order chi connectivity index (χ1) is 16.7. The van der Waals surface area contributed by atoms with Gasteiger partial charge in [-0.05, 0) is 49.2 Å². The van der Waals surface area contributed by atoms with Crippen LogP contribution in [0.4, 0.5) is 11.6 Å². The van der Waals surface area contributed by atoms with Crippen LogP contribution in [0.25, 0.3) is 11.7 Å². The molecule has 2 N–H and O–H groups in total. The maximum absolute atomic E-state index is 13.2. The number of hydrogen-bond acceptors (Lipinski definition) is 9. The van der Waals surface area contributed by atoms with Crippen LogP contribution >= 0.6 is 0 Å². The lowest BCUT2D eigenvalue weighted by Gasteiger charge is -2.35. The zero-order valence-corrected chi connectivity index (χ0v) is 19.9. The van der Waals surface area contributed by atoms with E-state index in [9.17, 15) is 18.5 Å². The fourth-order valence-corrected chi connectivity index (χ4v) is 5.21. The molecule has 1 amide bonds. The molecule has 182 valence electrons. The lowest BCUT2D eigenvalue weighted by Crippen LogP contribution is -2.51. The van der Waals surface area contributed by atoms with Crippen LogP contribution in [0.5, 0.6) is 0 Å². The first kappa shape index (κ1) is 23.1. The standard InChI is InChI=1S/C23H24N6O5S/c1-15-11-16-12-17(35(25,31)32)4-5-19(16)29(15)21(30)14-27-6-8-28(9-7-27)23-18(13-24)26-22(34-23)20-3-2-10-33-20/h2-5,10,12,15H,6-9,11,14H2,1H3,(H2,25,31,32). The summed E-state index contributed by atoms with van der Waals surface area (Å²) >= 11 is 0. The van der Waals surface area contributed by atoms with Crippen molar-refractivity contribution in [2.75, 3.05) is 42.5 Å². The number of amides is 1. The first-order valence-corrected chi connectivity index (χ1v) is 12.7. The highest BCUT2D eigenvalue weighted by molar-refractivity contribution is 7.89. The largest absolute Gasteiger partial charge is 0.459 e. The SMILES string of the molecule is CC1Cc2cc(S(N)(=O)=O)ccc2N1C(=O)CN1CCN(c2oc(-c3ccco3)nc2C#N)CC1. The number of anilines is 2. The molecule has 0 spiro atoms. The average Bonchev–Trinajstić information content (AvgIpc) is 3.56. The Balaban J connectivity index is 1.24. The van der Waals surface area contributed by atoms with E-state index in [0.29, 0.717) is 44.2 Å². The topological polar surface area (TPSA) is 150 Å². The summed E-state index contributed by atoms with van der Waals surface area (Å²) in [5.41, 5.74) is 1.71. The lowest BCUT2D eigenvalue weighted by atomic mass is 10.1. The Morgan fingerprint density at radius 2 is 2.03 bits per heavy atom. The number of nitrogens with zero attached hydrogens (tertiary/aromatic N) is 5. The number of nitrogens with two attached hydrogens (primary N) is 1. The number of carbonyl (C=O) groups is 1. The Bertz CT molecular complexity index is 1400. The molecule has 1 saturated heterocycles. The van der Waals surface area contributed by atoms with E-state index in [0.717, 1.165) is 11.3 Å². The van der Waals surface area contributed by atoms with Gasteiger partial charge in [-0.1, -0.05) is 0 Å². The highest BCUT2D eigenvalue weighted by Gasteiger charge is 2.33. The fraction of sp³-hybridized carbons (Fsp3) is 0.348. The predicted octanol–water partition coefficient (Wildman–Crippen LogP) is 1.55. The number of hydrogen-bond donors (Lipinski definition) is 1. The third kappa shape index (κ3) is 4.41. The van der Waals surface area contributed by atoms with Crippen molar-refractivity contribution in [1.29, 1.82) is 5.26 Å². The van der Waals surface area contributed by atoms with E-state index in [-0.39, 0.29) is 35.0 Å². The summed E-state index contributed by atoms with van der Waals surface area (Å²) < 4.78 is 34.5. The van der Waals surface area contributed by atoms with Gasteiger partial charge in [0.25, 0.3) is 5.89 Å². The number of aromatic nitrogens is 1. The summed E-state index contributed by atoms with van der Waals surface area (Å²) in [5, 5.41) is 14.7. The predicted molar refractivity (Wildman–Crippen MR) is 126 cm³/mol. The molecule has 11 nitrogen and oxygen atoms in total.